The standard InChI is InChI=1S/C13H16N/c1-4-6-11-7-5-8-12(10(2)3)13(11)9-14/h5,7-8,10H,2,4,6H2,1,3H3. The fraction of sp³-hybridized carbons (Fsp3) is 0.385. The summed E-state index contributed by atoms with van der Waals surface area (Å²) in [7, 11) is 0. The molecule has 1 rings (SSSR count). The Kier molecular flexibility index (Phi) is 3.71. The van der Waals surface area contributed by atoms with E-state index >= 15 is 0 Å². The third kappa shape index (κ3) is 2.14. The molecule has 0 bridgehead atoms. The fourth-order valence-electron chi connectivity index (χ4n) is 1.64. The largest absolute Gasteiger partial charge is 0.192 e. The van der Waals surface area contributed by atoms with E-state index in [1.54, 1.807) is 0 Å². The normalized spacial score (nSPS) is 10.2. The van der Waals surface area contributed by atoms with Gasteiger partial charge in [0, 0.05) is 0 Å². The first-order valence-electron chi connectivity index (χ1n) is 5.05. The van der Waals surface area contributed by atoms with Gasteiger partial charge in [-0.1, -0.05) is 38.5 Å². The molecule has 1 aromatic carbocycles. The number of nitriles is 1. The molecule has 1 radical (unpaired) electrons. The van der Waals surface area contributed by atoms with Crippen molar-refractivity contribution in [3.63, 3.8) is 0 Å². The minimum absolute atomic E-state index is 0.182. The number of hydrogen-bond acceptors (Lipinski definition) is 1. The summed E-state index contributed by atoms with van der Waals surface area (Å²) < 4.78 is 0. The van der Waals surface area contributed by atoms with Gasteiger partial charge >= 0.3 is 0 Å². The molecule has 1 aromatic rings. The van der Waals surface area contributed by atoms with Crippen molar-refractivity contribution in [2.45, 2.75) is 32.6 Å². The molecule has 0 aliphatic carbocycles. The summed E-state index contributed by atoms with van der Waals surface area (Å²) in [6, 6.07) is 8.34. The van der Waals surface area contributed by atoms with Crippen LogP contribution in [0, 0.1) is 18.3 Å². The topological polar surface area (TPSA) is 23.8 Å². The van der Waals surface area contributed by atoms with Gasteiger partial charge in [-0.15, -0.1) is 0 Å². The molecule has 1 nitrogen and oxygen atoms in total. The van der Waals surface area contributed by atoms with Gasteiger partial charge in [-0.25, -0.2) is 0 Å². The van der Waals surface area contributed by atoms with E-state index < -0.39 is 0 Å². The average Bonchev–Trinajstić information content (AvgIpc) is 2.18. The first-order chi connectivity index (χ1) is 6.70. The van der Waals surface area contributed by atoms with Crippen molar-refractivity contribution in [1.29, 1.82) is 5.26 Å². The van der Waals surface area contributed by atoms with Crippen molar-refractivity contribution < 1.29 is 0 Å². The van der Waals surface area contributed by atoms with E-state index in [1.165, 1.54) is 0 Å². The van der Waals surface area contributed by atoms with Crippen LogP contribution in [-0.4, -0.2) is 0 Å². The van der Waals surface area contributed by atoms with Crippen molar-refractivity contribution in [2.75, 3.05) is 0 Å². The highest BCUT2D eigenvalue weighted by molar-refractivity contribution is 5.46. The van der Waals surface area contributed by atoms with Gasteiger partial charge in [0.25, 0.3) is 0 Å². The molecular weight excluding hydrogens is 170 g/mol. The molecule has 73 valence electrons. The van der Waals surface area contributed by atoms with E-state index in [-0.39, 0.29) is 5.92 Å². The zero-order chi connectivity index (χ0) is 10.6. The lowest BCUT2D eigenvalue weighted by atomic mass is 9.92. The molecule has 0 aromatic heterocycles. The average molecular weight is 186 g/mol. The third-order valence-electron chi connectivity index (χ3n) is 2.35. The molecule has 0 aliphatic heterocycles. The molecule has 0 amide bonds. The van der Waals surface area contributed by atoms with Gasteiger partial charge in [-0.3, -0.25) is 0 Å². The molecule has 0 saturated heterocycles. The maximum atomic E-state index is 9.10. The van der Waals surface area contributed by atoms with Crippen LogP contribution in [0.3, 0.4) is 0 Å². The highest BCUT2D eigenvalue weighted by Crippen LogP contribution is 2.22. The number of aryl methyl sites for hydroxylation is 1. The van der Waals surface area contributed by atoms with Crippen LogP contribution in [0.15, 0.2) is 18.2 Å². The van der Waals surface area contributed by atoms with Crippen LogP contribution in [0.5, 0.6) is 0 Å². The smallest absolute Gasteiger partial charge is 0.0997 e. The monoisotopic (exact) mass is 186 g/mol. The van der Waals surface area contributed by atoms with Crippen LogP contribution in [0.4, 0.5) is 0 Å². The summed E-state index contributed by atoms with van der Waals surface area (Å²) in [6.07, 6.45) is 2.05. The summed E-state index contributed by atoms with van der Waals surface area (Å²) in [6.45, 7) is 8.11. The molecule has 14 heavy (non-hydrogen) atoms. The summed E-state index contributed by atoms with van der Waals surface area (Å²) in [4.78, 5) is 0. The Morgan fingerprint density at radius 2 is 2.21 bits per heavy atom. The van der Waals surface area contributed by atoms with Gasteiger partial charge in [0.2, 0.25) is 0 Å². The molecule has 1 unspecified atom stereocenters. The van der Waals surface area contributed by atoms with E-state index in [0.717, 1.165) is 29.5 Å². The predicted molar refractivity (Wildman–Crippen MR) is 58.9 cm³/mol. The molecule has 1 atom stereocenters. The quantitative estimate of drug-likeness (QED) is 0.709. The van der Waals surface area contributed by atoms with Crippen molar-refractivity contribution in [3.05, 3.63) is 41.8 Å². The van der Waals surface area contributed by atoms with Crippen LogP contribution in [0.1, 0.15) is 42.9 Å². The summed E-state index contributed by atoms with van der Waals surface area (Å²) in [5, 5.41) is 9.10. The Morgan fingerprint density at radius 3 is 2.71 bits per heavy atom. The Morgan fingerprint density at radius 1 is 1.50 bits per heavy atom. The molecule has 0 N–H and O–H groups in total. The zero-order valence-corrected chi connectivity index (χ0v) is 8.88. The lowest BCUT2D eigenvalue weighted by molar-refractivity contribution is 0.897. The SMILES string of the molecule is [CH2]C(C)c1cccc(CCC)c1C#N. The van der Waals surface area contributed by atoms with E-state index in [9.17, 15) is 0 Å². The van der Waals surface area contributed by atoms with Gasteiger partial charge < -0.3 is 0 Å². The van der Waals surface area contributed by atoms with Crippen molar-refractivity contribution >= 4 is 0 Å². The number of hydrogen-bond donors (Lipinski definition) is 0. The van der Waals surface area contributed by atoms with Crippen LogP contribution >= 0.6 is 0 Å². The van der Waals surface area contributed by atoms with Crippen LogP contribution < -0.4 is 0 Å². The van der Waals surface area contributed by atoms with Crippen molar-refractivity contribution in [2.24, 2.45) is 0 Å². The lowest BCUT2D eigenvalue weighted by Gasteiger charge is -2.11. The first-order valence-corrected chi connectivity index (χ1v) is 5.05. The van der Waals surface area contributed by atoms with E-state index in [0.29, 0.717) is 0 Å². The molecule has 0 heterocycles. The lowest BCUT2D eigenvalue weighted by Crippen LogP contribution is -1.98. The van der Waals surface area contributed by atoms with E-state index in [1.807, 2.05) is 25.1 Å². The number of nitrogens with zero attached hydrogens (tertiary/aromatic N) is 1. The summed E-state index contributed by atoms with van der Waals surface area (Å²) in [5.41, 5.74) is 3.05. The van der Waals surface area contributed by atoms with Gasteiger partial charge in [-0.2, -0.15) is 5.26 Å². The highest BCUT2D eigenvalue weighted by Gasteiger charge is 2.09. The minimum atomic E-state index is 0.182. The number of benzene rings is 1. The van der Waals surface area contributed by atoms with Gasteiger partial charge in [-0.05, 0) is 30.4 Å². The summed E-state index contributed by atoms with van der Waals surface area (Å²) >= 11 is 0. The number of rotatable bonds is 3. The Bertz CT molecular complexity index is 345. The van der Waals surface area contributed by atoms with Crippen LogP contribution in [0.25, 0.3) is 0 Å². The Hall–Kier alpha value is -1.29. The summed E-state index contributed by atoms with van der Waals surface area (Å²) in [5.74, 6) is 0.182. The van der Waals surface area contributed by atoms with Crippen molar-refractivity contribution in [1.82, 2.24) is 0 Å². The molecule has 0 spiro atoms. The second-order valence-electron chi connectivity index (χ2n) is 3.64. The Balaban J connectivity index is 3.20. The third-order valence-corrected chi connectivity index (χ3v) is 2.35. The maximum absolute atomic E-state index is 9.10. The molecule has 0 aliphatic rings. The highest BCUT2D eigenvalue weighted by atomic mass is 14.3. The zero-order valence-electron chi connectivity index (χ0n) is 8.88. The fourth-order valence-corrected chi connectivity index (χ4v) is 1.64. The van der Waals surface area contributed by atoms with E-state index in [4.69, 9.17) is 5.26 Å². The van der Waals surface area contributed by atoms with E-state index in [2.05, 4.69) is 19.9 Å². The second kappa shape index (κ2) is 4.81. The Labute approximate surface area is 86.4 Å². The molecule has 1 heteroatoms. The van der Waals surface area contributed by atoms with Crippen molar-refractivity contribution in [3.8, 4) is 6.07 Å². The van der Waals surface area contributed by atoms with Crippen LogP contribution in [0.2, 0.25) is 0 Å². The maximum Gasteiger partial charge on any atom is 0.0997 e. The molecular formula is C13H16N. The predicted octanol–water partition coefficient (Wildman–Crippen LogP) is 3.45. The van der Waals surface area contributed by atoms with Gasteiger partial charge in [0.1, 0.15) is 0 Å². The minimum Gasteiger partial charge on any atom is -0.192 e. The van der Waals surface area contributed by atoms with Gasteiger partial charge in [0.15, 0.2) is 0 Å². The second-order valence-corrected chi connectivity index (χ2v) is 3.64. The molecule has 0 saturated carbocycles. The van der Waals surface area contributed by atoms with Gasteiger partial charge in [0.05, 0.1) is 11.6 Å². The van der Waals surface area contributed by atoms with Crippen LogP contribution in [-0.2, 0) is 6.42 Å². The molecule has 0 fully saturated rings. The first kappa shape index (κ1) is 10.8.